The van der Waals surface area contributed by atoms with Crippen molar-refractivity contribution < 1.29 is 0 Å². The first-order chi connectivity index (χ1) is 8.65. The van der Waals surface area contributed by atoms with E-state index in [0.717, 1.165) is 36.1 Å². The fourth-order valence-electron chi connectivity index (χ4n) is 1.58. The van der Waals surface area contributed by atoms with Crippen molar-refractivity contribution in [1.29, 1.82) is 0 Å². The van der Waals surface area contributed by atoms with E-state index >= 15 is 0 Å². The van der Waals surface area contributed by atoms with Gasteiger partial charge < -0.3 is 5.32 Å². The Labute approximate surface area is 131 Å². The second-order valence-electron chi connectivity index (χ2n) is 3.70. The minimum Gasteiger partial charge on any atom is -0.308 e. The number of nitrogens with one attached hydrogen (secondary N) is 1. The van der Waals surface area contributed by atoms with Gasteiger partial charge in [0.05, 0.1) is 14.7 Å². The highest BCUT2D eigenvalue weighted by atomic mass is 79.9. The highest BCUT2D eigenvalue weighted by Crippen LogP contribution is 2.39. The molecule has 0 aliphatic heterocycles. The molecule has 1 unspecified atom stereocenters. The van der Waals surface area contributed by atoms with Crippen LogP contribution in [0.15, 0.2) is 14.3 Å². The molecule has 3 nitrogen and oxygen atoms in total. The molecule has 0 saturated carbocycles. The summed E-state index contributed by atoms with van der Waals surface area (Å²) in [4.78, 5) is 1.14. The Kier molecular flexibility index (Phi) is 5.32. The molecule has 0 bridgehead atoms. The SMILES string of the molecule is CCNC(CC)c1nnc(-c2cc(Br)c(Br)s2)s1. The summed E-state index contributed by atoms with van der Waals surface area (Å²) in [5, 5.41) is 14.1. The standard InChI is InChI=1S/C11H13Br2N3S2/c1-3-7(14-4-2)10-15-16-11(18-10)8-5-6(12)9(13)17-8/h5,7,14H,3-4H2,1-2H3. The van der Waals surface area contributed by atoms with E-state index in [-0.39, 0.29) is 0 Å². The maximum atomic E-state index is 4.30. The van der Waals surface area contributed by atoms with E-state index in [1.807, 2.05) is 0 Å². The van der Waals surface area contributed by atoms with Crippen LogP contribution in [-0.2, 0) is 0 Å². The first-order valence-electron chi connectivity index (χ1n) is 5.67. The molecular weight excluding hydrogens is 398 g/mol. The Balaban J connectivity index is 2.24. The molecule has 1 atom stereocenters. The van der Waals surface area contributed by atoms with Crippen LogP contribution in [-0.4, -0.2) is 16.7 Å². The zero-order valence-electron chi connectivity index (χ0n) is 10.0. The van der Waals surface area contributed by atoms with Gasteiger partial charge in [0.25, 0.3) is 0 Å². The summed E-state index contributed by atoms with van der Waals surface area (Å²) in [5.41, 5.74) is 0. The van der Waals surface area contributed by atoms with Crippen molar-refractivity contribution in [3.05, 3.63) is 19.3 Å². The van der Waals surface area contributed by atoms with E-state index in [9.17, 15) is 0 Å². The summed E-state index contributed by atoms with van der Waals surface area (Å²) >= 11 is 10.3. The van der Waals surface area contributed by atoms with Crippen LogP contribution in [0.4, 0.5) is 0 Å². The Morgan fingerprint density at radius 2 is 2.06 bits per heavy atom. The number of hydrogen-bond donors (Lipinski definition) is 1. The zero-order chi connectivity index (χ0) is 13.1. The van der Waals surface area contributed by atoms with Gasteiger partial charge in [-0.05, 0) is 50.9 Å². The number of hydrogen-bond acceptors (Lipinski definition) is 5. The van der Waals surface area contributed by atoms with E-state index in [1.165, 1.54) is 0 Å². The van der Waals surface area contributed by atoms with Crippen LogP contribution in [0.3, 0.4) is 0 Å². The fourth-order valence-corrected chi connectivity index (χ4v) is 4.66. The summed E-state index contributed by atoms with van der Waals surface area (Å²) in [6.07, 6.45) is 1.03. The van der Waals surface area contributed by atoms with Gasteiger partial charge in [-0.15, -0.1) is 21.5 Å². The van der Waals surface area contributed by atoms with Gasteiger partial charge in [-0.3, -0.25) is 0 Å². The second-order valence-corrected chi connectivity index (χ2v) is 7.93. The monoisotopic (exact) mass is 409 g/mol. The molecule has 2 rings (SSSR count). The van der Waals surface area contributed by atoms with Crippen LogP contribution in [0.2, 0.25) is 0 Å². The fraction of sp³-hybridized carbons (Fsp3) is 0.455. The lowest BCUT2D eigenvalue weighted by molar-refractivity contribution is 0.531. The number of aromatic nitrogens is 2. The molecular formula is C11H13Br2N3S2. The third-order valence-electron chi connectivity index (χ3n) is 2.45. The highest BCUT2D eigenvalue weighted by Gasteiger charge is 2.16. The summed E-state index contributed by atoms with van der Waals surface area (Å²) < 4.78 is 2.16. The molecule has 0 aliphatic carbocycles. The molecule has 2 aromatic rings. The second kappa shape index (κ2) is 6.56. The van der Waals surface area contributed by atoms with Gasteiger partial charge in [-0.2, -0.15) is 0 Å². The lowest BCUT2D eigenvalue weighted by Gasteiger charge is -2.10. The Hall–Kier alpha value is 0.180. The van der Waals surface area contributed by atoms with Crippen molar-refractivity contribution in [2.45, 2.75) is 26.3 Å². The van der Waals surface area contributed by atoms with Crippen molar-refractivity contribution in [2.24, 2.45) is 0 Å². The van der Waals surface area contributed by atoms with Crippen LogP contribution < -0.4 is 5.32 Å². The van der Waals surface area contributed by atoms with Crippen molar-refractivity contribution >= 4 is 54.5 Å². The molecule has 98 valence electrons. The predicted molar refractivity (Wildman–Crippen MR) is 85.3 cm³/mol. The molecule has 0 spiro atoms. The molecule has 7 heteroatoms. The molecule has 0 aliphatic rings. The number of halogens is 2. The van der Waals surface area contributed by atoms with Gasteiger partial charge in [-0.1, -0.05) is 25.2 Å². The van der Waals surface area contributed by atoms with Crippen molar-refractivity contribution in [2.75, 3.05) is 6.54 Å². The van der Waals surface area contributed by atoms with Crippen LogP contribution in [0.25, 0.3) is 9.88 Å². The Morgan fingerprint density at radius 3 is 2.61 bits per heavy atom. The first kappa shape index (κ1) is 14.6. The van der Waals surface area contributed by atoms with E-state index < -0.39 is 0 Å². The van der Waals surface area contributed by atoms with Gasteiger partial charge in [0.2, 0.25) is 0 Å². The molecule has 0 amide bonds. The van der Waals surface area contributed by atoms with Crippen molar-refractivity contribution in [3.8, 4) is 9.88 Å². The predicted octanol–water partition coefficient (Wildman–Crippen LogP) is 4.85. The van der Waals surface area contributed by atoms with Gasteiger partial charge in [0.15, 0.2) is 5.01 Å². The molecule has 0 saturated heterocycles. The zero-order valence-corrected chi connectivity index (χ0v) is 14.8. The molecule has 0 radical (unpaired) electrons. The van der Waals surface area contributed by atoms with Crippen LogP contribution in [0.1, 0.15) is 31.3 Å². The summed E-state index contributed by atoms with van der Waals surface area (Å²) in [7, 11) is 0. The third-order valence-corrected chi connectivity index (χ3v) is 6.92. The summed E-state index contributed by atoms with van der Waals surface area (Å²) in [6.45, 7) is 5.22. The lowest BCUT2D eigenvalue weighted by Crippen LogP contribution is -2.19. The van der Waals surface area contributed by atoms with Crippen LogP contribution >= 0.6 is 54.5 Å². The van der Waals surface area contributed by atoms with Crippen molar-refractivity contribution in [1.82, 2.24) is 15.5 Å². The molecule has 2 aromatic heterocycles. The Morgan fingerprint density at radius 1 is 1.28 bits per heavy atom. The van der Waals surface area contributed by atoms with Crippen LogP contribution in [0.5, 0.6) is 0 Å². The number of nitrogens with zero attached hydrogens (tertiary/aromatic N) is 2. The topological polar surface area (TPSA) is 37.8 Å². The molecule has 2 heterocycles. The van der Waals surface area contributed by atoms with Gasteiger partial charge in [-0.25, -0.2) is 0 Å². The smallest absolute Gasteiger partial charge is 0.157 e. The lowest BCUT2D eigenvalue weighted by atomic mass is 10.2. The average Bonchev–Trinajstić information content (AvgIpc) is 2.94. The van der Waals surface area contributed by atoms with Gasteiger partial charge >= 0.3 is 0 Å². The molecule has 0 aromatic carbocycles. The van der Waals surface area contributed by atoms with E-state index in [1.54, 1.807) is 22.7 Å². The largest absolute Gasteiger partial charge is 0.308 e. The normalized spacial score (nSPS) is 12.9. The van der Waals surface area contributed by atoms with Crippen molar-refractivity contribution in [3.63, 3.8) is 0 Å². The maximum absolute atomic E-state index is 4.30. The molecule has 1 N–H and O–H groups in total. The summed E-state index contributed by atoms with van der Waals surface area (Å²) in [5.74, 6) is 0. The van der Waals surface area contributed by atoms with E-state index in [2.05, 4.69) is 67.3 Å². The molecule has 18 heavy (non-hydrogen) atoms. The summed E-state index contributed by atoms with van der Waals surface area (Å²) in [6, 6.07) is 2.39. The first-order valence-corrected chi connectivity index (χ1v) is 8.89. The minimum absolute atomic E-state index is 0.313. The maximum Gasteiger partial charge on any atom is 0.157 e. The Bertz CT molecular complexity index is 505. The highest BCUT2D eigenvalue weighted by molar-refractivity contribution is 9.13. The number of thiophene rings is 1. The third kappa shape index (κ3) is 3.19. The van der Waals surface area contributed by atoms with Crippen LogP contribution in [0, 0.1) is 0 Å². The molecule has 0 fully saturated rings. The van der Waals surface area contributed by atoms with Gasteiger partial charge in [0.1, 0.15) is 5.01 Å². The van der Waals surface area contributed by atoms with E-state index in [0.29, 0.717) is 6.04 Å². The van der Waals surface area contributed by atoms with Gasteiger partial charge in [0, 0.05) is 4.47 Å². The quantitative estimate of drug-likeness (QED) is 0.765. The average molecular weight is 411 g/mol. The minimum atomic E-state index is 0.313. The number of rotatable bonds is 5. The van der Waals surface area contributed by atoms with E-state index in [4.69, 9.17) is 0 Å².